The molecule has 0 aliphatic rings. The third-order valence-corrected chi connectivity index (χ3v) is 2.43. The smallest absolute Gasteiger partial charge is 0.180 e. The molecule has 0 bridgehead atoms. The van der Waals surface area contributed by atoms with Crippen molar-refractivity contribution in [1.29, 1.82) is 0 Å². The summed E-state index contributed by atoms with van der Waals surface area (Å²) in [6, 6.07) is 3.38. The number of hydrogen-bond acceptors (Lipinski definition) is 1. The average Bonchev–Trinajstić information content (AvgIpc) is 2.02. The molecule has 0 spiro atoms. The fourth-order valence-corrected chi connectivity index (χ4v) is 1.97. The van der Waals surface area contributed by atoms with Crippen LogP contribution in [-0.2, 0) is 0 Å². The predicted molar refractivity (Wildman–Crippen MR) is 56.2 cm³/mol. The van der Waals surface area contributed by atoms with Crippen molar-refractivity contribution in [3.63, 3.8) is 0 Å². The Morgan fingerprint density at radius 3 is 2.15 bits per heavy atom. The van der Waals surface area contributed by atoms with Gasteiger partial charge in [-0.1, -0.05) is 23.2 Å². The van der Waals surface area contributed by atoms with Gasteiger partial charge in [-0.2, -0.15) is 0 Å². The first-order chi connectivity index (χ1) is 6.06. The molecule has 70 valence electrons. The lowest BCUT2D eigenvalue weighted by Crippen LogP contribution is -2.02. The second-order valence-electron chi connectivity index (χ2n) is 2.66. The monoisotopic (exact) mass is 236 g/mol. The molecular weight excluding hydrogens is 230 g/mol. The molecule has 0 unspecified atom stereocenters. The van der Waals surface area contributed by atoms with Gasteiger partial charge in [0.05, 0.1) is 21.5 Å². The third kappa shape index (κ3) is 2.37. The van der Waals surface area contributed by atoms with Crippen LogP contribution in [0.3, 0.4) is 0 Å². The maximum absolute atomic E-state index is 11.3. The molecule has 0 saturated carbocycles. The number of benzene rings is 1. The quantitative estimate of drug-likeness (QED) is 0.566. The summed E-state index contributed by atoms with van der Waals surface area (Å²) in [7, 11) is 0. The summed E-state index contributed by atoms with van der Waals surface area (Å²) in [5, 5.41) is 0.714. The molecule has 0 atom stereocenters. The van der Waals surface area contributed by atoms with E-state index in [0.29, 0.717) is 15.6 Å². The third-order valence-electron chi connectivity index (χ3n) is 1.59. The topological polar surface area (TPSA) is 17.1 Å². The van der Waals surface area contributed by atoms with Crippen LogP contribution in [0.5, 0.6) is 0 Å². The molecule has 1 nitrogen and oxygen atoms in total. The second-order valence-corrected chi connectivity index (χ2v) is 3.74. The Bertz CT molecular complexity index is 324. The molecule has 1 rings (SSSR count). The Hall–Kier alpha value is -0.240. The van der Waals surface area contributed by atoms with Gasteiger partial charge in [0.1, 0.15) is 0 Å². The minimum absolute atomic E-state index is 0.109. The molecule has 1 aromatic carbocycles. The fourth-order valence-electron chi connectivity index (χ4n) is 1.03. The minimum atomic E-state index is -0.253. The van der Waals surface area contributed by atoms with E-state index >= 15 is 0 Å². The van der Waals surface area contributed by atoms with E-state index in [1.807, 2.05) is 6.92 Å². The first-order valence-electron chi connectivity index (χ1n) is 3.61. The number of rotatable bonds is 2. The lowest BCUT2D eigenvalue weighted by atomic mass is 10.1. The number of hydrogen-bond donors (Lipinski definition) is 0. The zero-order valence-electron chi connectivity index (χ0n) is 6.90. The molecule has 0 aliphatic carbocycles. The van der Waals surface area contributed by atoms with E-state index in [4.69, 9.17) is 34.8 Å². The van der Waals surface area contributed by atoms with Crippen LogP contribution in [0.25, 0.3) is 0 Å². The number of carbonyl (C=O) groups is 1. The average molecular weight is 238 g/mol. The highest BCUT2D eigenvalue weighted by Crippen LogP contribution is 2.26. The van der Waals surface area contributed by atoms with Crippen LogP contribution >= 0.6 is 34.8 Å². The summed E-state index contributed by atoms with van der Waals surface area (Å²) in [6.07, 6.45) is 0. The molecule has 0 saturated heterocycles. The number of Topliss-reactive ketones (excluding diaryl/α,β-unsaturated/α-hetero) is 1. The second kappa shape index (κ2) is 4.32. The van der Waals surface area contributed by atoms with Gasteiger partial charge >= 0.3 is 0 Å². The van der Waals surface area contributed by atoms with Crippen molar-refractivity contribution in [1.82, 2.24) is 0 Å². The number of aryl methyl sites for hydroxylation is 1. The van der Waals surface area contributed by atoms with Crippen molar-refractivity contribution in [3.8, 4) is 0 Å². The number of ketones is 1. The van der Waals surface area contributed by atoms with Crippen LogP contribution in [0.2, 0.25) is 10.0 Å². The molecule has 0 aliphatic heterocycles. The predicted octanol–water partition coefficient (Wildman–Crippen LogP) is 3.72. The Labute approximate surface area is 91.6 Å². The first-order valence-corrected chi connectivity index (χ1v) is 4.90. The van der Waals surface area contributed by atoms with E-state index in [9.17, 15) is 4.79 Å². The Kier molecular flexibility index (Phi) is 3.60. The van der Waals surface area contributed by atoms with Gasteiger partial charge in [0.25, 0.3) is 0 Å². The summed E-state index contributed by atoms with van der Waals surface area (Å²) in [5.41, 5.74) is 1.23. The van der Waals surface area contributed by atoms with Crippen molar-refractivity contribution >= 4 is 40.6 Å². The minimum Gasteiger partial charge on any atom is -0.293 e. The number of carbonyl (C=O) groups excluding carboxylic acids is 1. The van der Waals surface area contributed by atoms with Crippen molar-refractivity contribution in [2.45, 2.75) is 6.92 Å². The van der Waals surface area contributed by atoms with Gasteiger partial charge in [-0.15, -0.1) is 11.6 Å². The van der Waals surface area contributed by atoms with E-state index in [0.717, 1.165) is 5.56 Å². The normalized spacial score (nSPS) is 10.2. The molecule has 1 aromatic rings. The molecular formula is C9H7Cl3O. The van der Waals surface area contributed by atoms with Gasteiger partial charge in [-0.3, -0.25) is 4.79 Å². The molecule has 0 fully saturated rings. The van der Waals surface area contributed by atoms with Crippen molar-refractivity contribution in [3.05, 3.63) is 33.3 Å². The van der Waals surface area contributed by atoms with E-state index in [2.05, 4.69) is 0 Å². The summed E-state index contributed by atoms with van der Waals surface area (Å²) < 4.78 is 0. The van der Waals surface area contributed by atoms with E-state index < -0.39 is 0 Å². The summed E-state index contributed by atoms with van der Waals surface area (Å²) in [5.74, 6) is -0.362. The molecule has 13 heavy (non-hydrogen) atoms. The highest BCUT2D eigenvalue weighted by atomic mass is 35.5. The largest absolute Gasteiger partial charge is 0.293 e. The van der Waals surface area contributed by atoms with Gasteiger partial charge in [-0.05, 0) is 24.6 Å². The highest BCUT2D eigenvalue weighted by Gasteiger charge is 2.13. The Balaban J connectivity index is 3.28. The van der Waals surface area contributed by atoms with Crippen molar-refractivity contribution < 1.29 is 4.79 Å². The van der Waals surface area contributed by atoms with Crippen LogP contribution in [0.4, 0.5) is 0 Å². The van der Waals surface area contributed by atoms with E-state index in [-0.39, 0.29) is 11.7 Å². The van der Waals surface area contributed by atoms with Gasteiger partial charge in [0.2, 0.25) is 0 Å². The van der Waals surface area contributed by atoms with Crippen LogP contribution < -0.4 is 0 Å². The van der Waals surface area contributed by atoms with Crippen LogP contribution in [0.1, 0.15) is 15.9 Å². The molecule has 0 heterocycles. The maximum atomic E-state index is 11.3. The van der Waals surface area contributed by atoms with Gasteiger partial charge in [-0.25, -0.2) is 0 Å². The maximum Gasteiger partial charge on any atom is 0.180 e. The molecule has 0 aromatic heterocycles. The number of halogens is 3. The molecule has 4 heteroatoms. The fraction of sp³-hybridized carbons (Fsp3) is 0.222. The standard InChI is InChI=1S/C9H7Cl3O/c1-5-2-6(11)9(7(12)3-5)8(13)4-10/h2-3H,4H2,1H3. The number of alkyl halides is 1. The lowest BCUT2D eigenvalue weighted by molar-refractivity contribution is 0.102. The summed E-state index contributed by atoms with van der Waals surface area (Å²) >= 11 is 17.1. The van der Waals surface area contributed by atoms with Crippen LogP contribution in [0.15, 0.2) is 12.1 Å². The zero-order valence-corrected chi connectivity index (χ0v) is 9.17. The zero-order chi connectivity index (χ0) is 10.0. The van der Waals surface area contributed by atoms with Crippen molar-refractivity contribution in [2.24, 2.45) is 0 Å². The summed E-state index contributed by atoms with van der Waals surface area (Å²) in [6.45, 7) is 1.85. The SMILES string of the molecule is Cc1cc(Cl)c(C(=O)CCl)c(Cl)c1. The molecule has 0 N–H and O–H groups in total. The van der Waals surface area contributed by atoms with Crippen molar-refractivity contribution in [2.75, 3.05) is 5.88 Å². The molecule has 0 amide bonds. The van der Waals surface area contributed by atoms with E-state index in [1.165, 1.54) is 0 Å². The lowest BCUT2D eigenvalue weighted by Gasteiger charge is -2.04. The summed E-state index contributed by atoms with van der Waals surface area (Å²) in [4.78, 5) is 11.3. The van der Waals surface area contributed by atoms with E-state index in [1.54, 1.807) is 12.1 Å². The van der Waals surface area contributed by atoms with Gasteiger partial charge in [0.15, 0.2) is 5.78 Å². The van der Waals surface area contributed by atoms with Gasteiger partial charge < -0.3 is 0 Å². The van der Waals surface area contributed by atoms with Crippen LogP contribution in [-0.4, -0.2) is 11.7 Å². The Morgan fingerprint density at radius 2 is 1.77 bits per heavy atom. The Morgan fingerprint density at radius 1 is 1.31 bits per heavy atom. The highest BCUT2D eigenvalue weighted by molar-refractivity contribution is 6.42. The van der Waals surface area contributed by atoms with Gasteiger partial charge in [0, 0.05) is 0 Å². The first kappa shape index (κ1) is 10.8. The van der Waals surface area contributed by atoms with Crippen LogP contribution in [0, 0.1) is 6.92 Å². The molecule has 0 radical (unpaired) electrons.